The zero-order valence-electron chi connectivity index (χ0n) is 15.6. The van der Waals surface area contributed by atoms with E-state index in [9.17, 15) is 9.59 Å². The molecule has 0 aliphatic rings. The lowest BCUT2D eigenvalue weighted by molar-refractivity contribution is 0.0844. The van der Waals surface area contributed by atoms with Crippen LogP contribution >= 0.6 is 0 Å². The summed E-state index contributed by atoms with van der Waals surface area (Å²) in [4.78, 5) is 24.7. The Hall–Kier alpha value is -3.60. The zero-order chi connectivity index (χ0) is 19.8. The standard InChI is InChI=1S/C23H22N2O3/c1-17-8-7-11-19(16-17)22(26)24-25-23(27)20-12-5-6-13-21(20)28-15-14-18-9-3-2-4-10-18/h2-13,16H,14-15H2,1H3,(H,24,26)(H,25,27). The average molecular weight is 374 g/mol. The molecular weight excluding hydrogens is 352 g/mol. The van der Waals surface area contributed by atoms with Crippen LogP contribution in [0.2, 0.25) is 0 Å². The Balaban J connectivity index is 1.58. The molecule has 0 atom stereocenters. The first kappa shape index (κ1) is 19.2. The minimum atomic E-state index is -0.434. The highest BCUT2D eigenvalue weighted by atomic mass is 16.5. The molecule has 0 spiro atoms. The van der Waals surface area contributed by atoms with Crippen LogP contribution in [0.15, 0.2) is 78.9 Å². The molecule has 142 valence electrons. The van der Waals surface area contributed by atoms with E-state index in [4.69, 9.17) is 4.74 Å². The van der Waals surface area contributed by atoms with Crippen LogP contribution in [0.3, 0.4) is 0 Å². The third kappa shape index (κ3) is 5.20. The molecule has 0 radical (unpaired) electrons. The molecule has 0 heterocycles. The Kier molecular flexibility index (Phi) is 6.41. The quantitative estimate of drug-likeness (QED) is 0.647. The topological polar surface area (TPSA) is 67.4 Å². The van der Waals surface area contributed by atoms with Crippen LogP contribution in [-0.4, -0.2) is 18.4 Å². The number of rotatable bonds is 6. The van der Waals surface area contributed by atoms with Gasteiger partial charge in [-0.2, -0.15) is 0 Å². The van der Waals surface area contributed by atoms with Gasteiger partial charge in [0, 0.05) is 12.0 Å². The molecule has 0 aliphatic carbocycles. The maximum atomic E-state index is 12.5. The van der Waals surface area contributed by atoms with Crippen LogP contribution in [0.1, 0.15) is 31.8 Å². The van der Waals surface area contributed by atoms with Gasteiger partial charge in [-0.3, -0.25) is 20.4 Å². The number of carbonyl (C=O) groups excluding carboxylic acids is 2. The van der Waals surface area contributed by atoms with Crippen LogP contribution in [0.25, 0.3) is 0 Å². The fourth-order valence-electron chi connectivity index (χ4n) is 2.74. The number of aryl methyl sites for hydroxylation is 1. The number of para-hydroxylation sites is 1. The minimum absolute atomic E-state index is 0.361. The van der Waals surface area contributed by atoms with Crippen molar-refractivity contribution in [1.29, 1.82) is 0 Å². The fourth-order valence-corrected chi connectivity index (χ4v) is 2.74. The molecule has 0 aliphatic heterocycles. The molecule has 2 N–H and O–H groups in total. The third-order valence-corrected chi connectivity index (χ3v) is 4.19. The molecule has 0 unspecified atom stereocenters. The Morgan fingerprint density at radius 2 is 1.54 bits per heavy atom. The molecule has 2 amide bonds. The number of benzene rings is 3. The molecule has 3 aromatic rings. The van der Waals surface area contributed by atoms with Crippen LogP contribution in [0, 0.1) is 6.92 Å². The van der Waals surface area contributed by atoms with Crippen molar-refractivity contribution in [3.63, 3.8) is 0 Å². The van der Waals surface area contributed by atoms with Crippen molar-refractivity contribution in [2.24, 2.45) is 0 Å². The lowest BCUT2D eigenvalue weighted by Crippen LogP contribution is -2.41. The van der Waals surface area contributed by atoms with E-state index >= 15 is 0 Å². The van der Waals surface area contributed by atoms with Crippen LogP contribution in [0.4, 0.5) is 0 Å². The summed E-state index contributed by atoms with van der Waals surface area (Å²) >= 11 is 0. The summed E-state index contributed by atoms with van der Waals surface area (Å²) in [5.74, 6) is -0.337. The third-order valence-electron chi connectivity index (χ3n) is 4.19. The molecule has 0 fully saturated rings. The van der Waals surface area contributed by atoms with E-state index in [1.165, 1.54) is 0 Å². The second-order valence-corrected chi connectivity index (χ2v) is 6.36. The molecule has 3 rings (SSSR count). The van der Waals surface area contributed by atoms with Gasteiger partial charge in [-0.1, -0.05) is 60.2 Å². The van der Waals surface area contributed by atoms with E-state index in [1.54, 1.807) is 42.5 Å². The smallest absolute Gasteiger partial charge is 0.273 e. The zero-order valence-corrected chi connectivity index (χ0v) is 15.6. The van der Waals surface area contributed by atoms with Gasteiger partial charge in [-0.15, -0.1) is 0 Å². The molecule has 5 heteroatoms. The number of carbonyl (C=O) groups is 2. The monoisotopic (exact) mass is 374 g/mol. The second-order valence-electron chi connectivity index (χ2n) is 6.36. The van der Waals surface area contributed by atoms with Crippen molar-refractivity contribution in [3.05, 3.63) is 101 Å². The van der Waals surface area contributed by atoms with E-state index in [1.807, 2.05) is 43.3 Å². The number of ether oxygens (including phenoxy) is 1. The summed E-state index contributed by atoms with van der Waals surface area (Å²) in [7, 11) is 0. The molecule has 5 nitrogen and oxygen atoms in total. The summed E-state index contributed by atoms with van der Waals surface area (Å²) in [6, 6.07) is 24.1. The van der Waals surface area contributed by atoms with E-state index in [0.717, 1.165) is 17.5 Å². The molecule has 0 saturated heterocycles. The highest BCUT2D eigenvalue weighted by Gasteiger charge is 2.13. The summed E-state index contributed by atoms with van der Waals surface area (Å²) in [5, 5.41) is 0. The number of hydrazine groups is 1. The predicted molar refractivity (Wildman–Crippen MR) is 108 cm³/mol. The maximum absolute atomic E-state index is 12.5. The number of amides is 2. The lowest BCUT2D eigenvalue weighted by Gasteiger charge is -2.12. The first-order valence-corrected chi connectivity index (χ1v) is 9.06. The summed E-state index contributed by atoms with van der Waals surface area (Å²) in [6.07, 6.45) is 0.737. The molecule has 28 heavy (non-hydrogen) atoms. The largest absolute Gasteiger partial charge is 0.492 e. The Bertz CT molecular complexity index is 955. The summed E-state index contributed by atoms with van der Waals surface area (Å²) in [5.41, 5.74) is 7.86. The van der Waals surface area contributed by atoms with E-state index in [2.05, 4.69) is 10.9 Å². The van der Waals surface area contributed by atoms with Gasteiger partial charge in [0.2, 0.25) is 0 Å². The lowest BCUT2D eigenvalue weighted by atomic mass is 10.1. The molecule has 0 saturated carbocycles. The normalized spacial score (nSPS) is 10.2. The van der Waals surface area contributed by atoms with Gasteiger partial charge in [0.25, 0.3) is 11.8 Å². The first-order chi connectivity index (χ1) is 13.6. The maximum Gasteiger partial charge on any atom is 0.273 e. The summed E-state index contributed by atoms with van der Waals surface area (Å²) < 4.78 is 5.80. The van der Waals surface area contributed by atoms with Crippen molar-refractivity contribution in [2.75, 3.05) is 6.61 Å². The average Bonchev–Trinajstić information content (AvgIpc) is 2.73. The van der Waals surface area contributed by atoms with Gasteiger partial charge in [0.1, 0.15) is 5.75 Å². The predicted octanol–water partition coefficient (Wildman–Crippen LogP) is 3.69. The van der Waals surface area contributed by atoms with Gasteiger partial charge >= 0.3 is 0 Å². The Morgan fingerprint density at radius 3 is 2.32 bits per heavy atom. The van der Waals surface area contributed by atoms with Crippen molar-refractivity contribution in [2.45, 2.75) is 13.3 Å². The highest BCUT2D eigenvalue weighted by Crippen LogP contribution is 2.18. The second kappa shape index (κ2) is 9.37. The Labute approximate surface area is 164 Å². The van der Waals surface area contributed by atoms with Crippen LogP contribution < -0.4 is 15.6 Å². The van der Waals surface area contributed by atoms with Crippen molar-refractivity contribution >= 4 is 11.8 Å². The SMILES string of the molecule is Cc1cccc(C(=O)NNC(=O)c2ccccc2OCCc2ccccc2)c1. The van der Waals surface area contributed by atoms with Crippen LogP contribution in [-0.2, 0) is 6.42 Å². The number of hydrogen-bond acceptors (Lipinski definition) is 3. The van der Waals surface area contributed by atoms with E-state index < -0.39 is 5.91 Å². The minimum Gasteiger partial charge on any atom is -0.492 e. The fraction of sp³-hybridized carbons (Fsp3) is 0.130. The van der Waals surface area contributed by atoms with Crippen molar-refractivity contribution in [1.82, 2.24) is 10.9 Å². The van der Waals surface area contributed by atoms with E-state index in [0.29, 0.717) is 23.5 Å². The van der Waals surface area contributed by atoms with Gasteiger partial charge in [0.15, 0.2) is 0 Å². The molecule has 0 aromatic heterocycles. The van der Waals surface area contributed by atoms with Gasteiger partial charge in [-0.25, -0.2) is 0 Å². The van der Waals surface area contributed by atoms with Crippen molar-refractivity contribution < 1.29 is 14.3 Å². The molecule has 3 aromatic carbocycles. The first-order valence-electron chi connectivity index (χ1n) is 9.06. The van der Waals surface area contributed by atoms with Gasteiger partial charge < -0.3 is 4.74 Å². The summed E-state index contributed by atoms with van der Waals surface area (Å²) in [6.45, 7) is 2.35. The van der Waals surface area contributed by atoms with Crippen molar-refractivity contribution in [3.8, 4) is 5.75 Å². The number of nitrogens with one attached hydrogen (secondary N) is 2. The molecular formula is C23H22N2O3. The van der Waals surface area contributed by atoms with E-state index in [-0.39, 0.29) is 5.91 Å². The molecule has 0 bridgehead atoms. The number of hydrogen-bond donors (Lipinski definition) is 2. The van der Waals surface area contributed by atoms with Gasteiger partial charge in [-0.05, 0) is 36.8 Å². The van der Waals surface area contributed by atoms with Gasteiger partial charge in [0.05, 0.1) is 12.2 Å². The highest BCUT2D eigenvalue weighted by molar-refractivity contribution is 6.00. The van der Waals surface area contributed by atoms with Crippen LogP contribution in [0.5, 0.6) is 5.75 Å². The Morgan fingerprint density at radius 1 is 0.821 bits per heavy atom.